The van der Waals surface area contributed by atoms with Crippen LogP contribution in [0, 0.1) is 0 Å². The molecule has 2 rings (SSSR count). The summed E-state index contributed by atoms with van der Waals surface area (Å²) in [5.74, 6) is -0.446. The molecule has 10 heteroatoms. The highest BCUT2D eigenvalue weighted by atomic mass is 127. The Balaban J connectivity index is 1.83. The predicted molar refractivity (Wildman–Crippen MR) is 110 cm³/mol. The zero-order chi connectivity index (χ0) is 19.7. The molecule has 1 heterocycles. The van der Waals surface area contributed by atoms with Gasteiger partial charge in [-0.15, -0.1) is 11.8 Å². The van der Waals surface area contributed by atoms with Gasteiger partial charge >= 0.3 is 5.97 Å². The molecule has 27 heavy (non-hydrogen) atoms. The van der Waals surface area contributed by atoms with Crippen molar-refractivity contribution in [3.05, 3.63) is 23.8 Å². The van der Waals surface area contributed by atoms with Crippen molar-refractivity contribution in [1.82, 2.24) is 0 Å². The fraction of sp³-hybridized carbons (Fsp3) is 0.529. The number of ether oxygens (including phenoxy) is 4. The minimum Gasteiger partial charge on any atom is -0.504 e. The van der Waals surface area contributed by atoms with Gasteiger partial charge in [0.15, 0.2) is 11.5 Å². The highest BCUT2D eigenvalue weighted by Crippen LogP contribution is 2.40. The maximum absolute atomic E-state index is 11.3. The van der Waals surface area contributed by atoms with E-state index in [1.165, 1.54) is 11.8 Å². The van der Waals surface area contributed by atoms with E-state index in [0.717, 1.165) is 0 Å². The molecule has 0 spiro atoms. The van der Waals surface area contributed by atoms with Gasteiger partial charge in [-0.2, -0.15) is 0 Å². The van der Waals surface area contributed by atoms with Gasteiger partial charge in [-0.05, 0) is 34.7 Å². The lowest BCUT2D eigenvalue weighted by molar-refractivity contribution is -0.138. The number of rotatable bonds is 12. The summed E-state index contributed by atoms with van der Waals surface area (Å²) >= 11 is 3.10. The monoisotopic (exact) mass is 511 g/mol. The average Bonchev–Trinajstić information content (AvgIpc) is 3.05. The highest BCUT2D eigenvalue weighted by molar-refractivity contribution is 14.1. The molecule has 0 amide bonds. The molecule has 1 aliphatic heterocycles. The van der Waals surface area contributed by atoms with E-state index in [1.807, 2.05) is 22.6 Å². The number of aliphatic carboxylic acids is 1. The largest absolute Gasteiger partial charge is 0.504 e. The second kappa shape index (κ2) is 11.1. The number of carbonyl (C=O) groups is 1. The van der Waals surface area contributed by atoms with Crippen LogP contribution in [0.2, 0.25) is 0 Å². The van der Waals surface area contributed by atoms with E-state index in [0.29, 0.717) is 55.1 Å². The molecule has 150 valence electrons. The fourth-order valence-electron chi connectivity index (χ4n) is 2.12. The van der Waals surface area contributed by atoms with Gasteiger partial charge in [-0.25, -0.2) is 9.79 Å². The first-order valence-corrected chi connectivity index (χ1v) is 10.3. The van der Waals surface area contributed by atoms with Crippen LogP contribution in [0.4, 0.5) is 0 Å². The summed E-state index contributed by atoms with van der Waals surface area (Å²) < 4.78 is 19.9. The summed E-state index contributed by atoms with van der Waals surface area (Å²) in [4.78, 5) is 15.6. The molecule has 0 radical (unpaired) electrons. The number of aliphatic imine (C=N–C) groups is 1. The fourth-order valence-corrected chi connectivity index (χ4v) is 4.05. The van der Waals surface area contributed by atoms with Gasteiger partial charge in [-0.1, -0.05) is 6.07 Å². The minimum absolute atomic E-state index is 0.0577. The Hall–Kier alpha value is -1.08. The third kappa shape index (κ3) is 6.49. The molecule has 1 atom stereocenters. The average molecular weight is 511 g/mol. The van der Waals surface area contributed by atoms with Crippen molar-refractivity contribution in [3.63, 3.8) is 0 Å². The number of alkyl halides is 1. The van der Waals surface area contributed by atoms with Gasteiger partial charge in [0.25, 0.3) is 0 Å². The Morgan fingerprint density at radius 3 is 2.52 bits per heavy atom. The van der Waals surface area contributed by atoms with Crippen molar-refractivity contribution in [1.29, 1.82) is 0 Å². The van der Waals surface area contributed by atoms with E-state index >= 15 is 0 Å². The second-order valence-electron chi connectivity index (χ2n) is 5.49. The molecule has 0 saturated carbocycles. The molecule has 0 aromatic heterocycles. The van der Waals surface area contributed by atoms with Crippen LogP contribution < -0.4 is 4.74 Å². The lowest BCUT2D eigenvalue weighted by atomic mass is 10.2. The van der Waals surface area contributed by atoms with Crippen LogP contribution in [0.25, 0.3) is 0 Å². The molecule has 1 aromatic rings. The topological polar surface area (TPSA) is 107 Å². The van der Waals surface area contributed by atoms with E-state index in [9.17, 15) is 15.0 Å². The van der Waals surface area contributed by atoms with E-state index in [1.54, 1.807) is 25.3 Å². The van der Waals surface area contributed by atoms with Crippen molar-refractivity contribution in [2.24, 2.45) is 4.99 Å². The van der Waals surface area contributed by atoms with Gasteiger partial charge in [-0.3, -0.25) is 0 Å². The Morgan fingerprint density at radius 2 is 1.89 bits per heavy atom. The molecule has 0 aliphatic carbocycles. The van der Waals surface area contributed by atoms with Crippen LogP contribution in [0.5, 0.6) is 11.5 Å². The number of aromatic hydroxyl groups is 1. The number of carboxylic acids is 1. The number of benzene rings is 1. The van der Waals surface area contributed by atoms with Crippen molar-refractivity contribution >= 4 is 45.4 Å². The molecule has 1 aromatic carbocycles. The van der Waals surface area contributed by atoms with E-state index in [-0.39, 0.29) is 12.4 Å². The SMILES string of the molecule is COCCOCCOCCOc1cccc(C2=N[C@@](I)(C(=O)O)CS2)c1O. The van der Waals surface area contributed by atoms with Gasteiger partial charge in [0, 0.05) is 12.9 Å². The quantitative estimate of drug-likeness (QED) is 0.190. The normalized spacial score (nSPS) is 19.1. The Bertz CT molecular complexity index is 673. The Kier molecular flexibility index (Phi) is 9.09. The predicted octanol–water partition coefficient (Wildman–Crippen LogP) is 2.16. The molecular formula is C17H22INO7S. The zero-order valence-corrected chi connectivity index (χ0v) is 17.8. The maximum Gasteiger partial charge on any atom is 0.342 e. The first-order chi connectivity index (χ1) is 13.0. The molecule has 2 N–H and O–H groups in total. The van der Waals surface area contributed by atoms with Gasteiger partial charge < -0.3 is 29.2 Å². The maximum atomic E-state index is 11.3. The van der Waals surface area contributed by atoms with Gasteiger partial charge in [0.1, 0.15) is 11.7 Å². The van der Waals surface area contributed by atoms with Crippen LogP contribution in [0.1, 0.15) is 5.56 Å². The summed E-state index contributed by atoms with van der Waals surface area (Å²) in [6.45, 7) is 2.61. The summed E-state index contributed by atoms with van der Waals surface area (Å²) in [6.07, 6.45) is 0. The molecule has 0 fully saturated rings. The third-order valence-electron chi connectivity index (χ3n) is 3.53. The molecule has 0 saturated heterocycles. The third-order valence-corrected chi connectivity index (χ3v) is 6.27. The zero-order valence-electron chi connectivity index (χ0n) is 14.9. The van der Waals surface area contributed by atoms with E-state index in [2.05, 4.69) is 4.99 Å². The lowest BCUT2D eigenvalue weighted by Gasteiger charge is -2.12. The smallest absolute Gasteiger partial charge is 0.342 e. The minimum atomic E-state index is -1.21. The molecule has 0 bridgehead atoms. The summed E-state index contributed by atoms with van der Waals surface area (Å²) in [6, 6.07) is 5.05. The van der Waals surface area contributed by atoms with Gasteiger partial charge in [0.2, 0.25) is 3.55 Å². The number of halogens is 1. The summed E-state index contributed by atoms with van der Waals surface area (Å²) in [5.41, 5.74) is 0.463. The van der Waals surface area contributed by atoms with E-state index < -0.39 is 9.51 Å². The first kappa shape index (κ1) is 22.2. The lowest BCUT2D eigenvalue weighted by Crippen LogP contribution is -2.29. The molecule has 1 aliphatic rings. The number of nitrogens with zero attached hydrogens (tertiary/aromatic N) is 1. The number of hydrogen-bond donors (Lipinski definition) is 2. The van der Waals surface area contributed by atoms with Crippen molar-refractivity contribution < 1.29 is 34.0 Å². The number of carboxylic acid groups (broad SMARTS) is 1. The number of phenols is 1. The summed E-state index contributed by atoms with van der Waals surface area (Å²) in [5, 5.41) is 20.2. The number of para-hydroxylation sites is 1. The molecule has 8 nitrogen and oxygen atoms in total. The number of thioether (sulfide) groups is 1. The standard InChI is InChI=1S/C17H22INO7S/c1-23-5-6-24-7-8-25-9-10-26-13-4-2-3-12(14(13)20)15-19-17(18,11-27-15)16(21)22/h2-4,20H,5-11H2,1H3,(H,21,22)/t17-/m1/s1. The Morgan fingerprint density at radius 1 is 1.22 bits per heavy atom. The van der Waals surface area contributed by atoms with Crippen molar-refractivity contribution in [2.45, 2.75) is 3.55 Å². The molecular weight excluding hydrogens is 489 g/mol. The highest BCUT2D eigenvalue weighted by Gasteiger charge is 2.41. The first-order valence-electron chi connectivity index (χ1n) is 8.22. The van der Waals surface area contributed by atoms with Crippen LogP contribution in [-0.4, -0.2) is 77.3 Å². The second-order valence-corrected chi connectivity index (χ2v) is 8.24. The number of phenolic OH excluding ortho intramolecular Hbond substituents is 1. The van der Waals surface area contributed by atoms with Crippen molar-refractivity contribution in [3.8, 4) is 11.5 Å². The number of hydrogen-bond acceptors (Lipinski definition) is 8. The Labute approximate surface area is 175 Å². The van der Waals surface area contributed by atoms with Crippen LogP contribution in [0.3, 0.4) is 0 Å². The van der Waals surface area contributed by atoms with E-state index in [4.69, 9.17) is 18.9 Å². The molecule has 0 unspecified atom stereocenters. The van der Waals surface area contributed by atoms with Crippen LogP contribution in [0.15, 0.2) is 23.2 Å². The van der Waals surface area contributed by atoms with Crippen molar-refractivity contribution in [2.75, 3.05) is 52.5 Å². The number of methoxy groups -OCH3 is 1. The van der Waals surface area contributed by atoms with Crippen LogP contribution in [-0.2, 0) is 19.0 Å². The van der Waals surface area contributed by atoms with Gasteiger partial charge in [0.05, 0.1) is 38.6 Å². The summed E-state index contributed by atoms with van der Waals surface area (Å²) in [7, 11) is 1.62. The van der Waals surface area contributed by atoms with Crippen LogP contribution >= 0.6 is 34.4 Å².